The molecule has 0 atom stereocenters. The van der Waals surface area contributed by atoms with E-state index in [0.717, 1.165) is 19.5 Å². The first-order chi connectivity index (χ1) is 10.1. The van der Waals surface area contributed by atoms with Gasteiger partial charge in [0.2, 0.25) is 0 Å². The van der Waals surface area contributed by atoms with Crippen LogP contribution in [0, 0.1) is 5.92 Å². The van der Waals surface area contributed by atoms with Crippen molar-refractivity contribution in [2.45, 2.75) is 20.3 Å². The number of hydrogen-bond acceptors (Lipinski definition) is 5. The van der Waals surface area contributed by atoms with E-state index < -0.39 is 0 Å². The predicted molar refractivity (Wildman–Crippen MR) is 84.8 cm³/mol. The van der Waals surface area contributed by atoms with Gasteiger partial charge < -0.3 is 10.0 Å². The quantitative estimate of drug-likeness (QED) is 0.864. The molecule has 0 aliphatic carbocycles. The van der Waals surface area contributed by atoms with Gasteiger partial charge in [-0.3, -0.25) is 10.2 Å². The summed E-state index contributed by atoms with van der Waals surface area (Å²) in [5.41, 5.74) is 0. The lowest BCUT2D eigenvalue weighted by Crippen LogP contribution is -2.50. The molecule has 0 bridgehead atoms. The third-order valence-corrected chi connectivity index (χ3v) is 4.39. The van der Waals surface area contributed by atoms with Crippen molar-refractivity contribution in [1.82, 2.24) is 14.8 Å². The van der Waals surface area contributed by atoms with Gasteiger partial charge in [0.05, 0.1) is 6.61 Å². The van der Waals surface area contributed by atoms with E-state index in [2.05, 4.69) is 29.0 Å². The van der Waals surface area contributed by atoms with Crippen LogP contribution < -0.4 is 5.32 Å². The molecule has 6 nitrogen and oxygen atoms in total. The first kappa shape index (κ1) is 16.2. The fourth-order valence-electron chi connectivity index (χ4n) is 2.35. The summed E-state index contributed by atoms with van der Waals surface area (Å²) in [5, 5.41) is 12.5. The van der Waals surface area contributed by atoms with Gasteiger partial charge in [0.1, 0.15) is 0 Å². The molecule has 0 aromatic carbocycles. The molecule has 0 radical (unpaired) electrons. The average molecular weight is 312 g/mol. The molecule has 7 heteroatoms. The summed E-state index contributed by atoms with van der Waals surface area (Å²) in [6, 6.07) is -0.0795. The van der Waals surface area contributed by atoms with Crippen molar-refractivity contribution in [3.8, 4) is 0 Å². The Labute approximate surface area is 129 Å². The number of aromatic nitrogens is 1. The topological polar surface area (TPSA) is 68.7 Å². The van der Waals surface area contributed by atoms with Crippen LogP contribution in [0.15, 0.2) is 6.20 Å². The van der Waals surface area contributed by atoms with Gasteiger partial charge in [-0.2, -0.15) is 0 Å². The maximum Gasteiger partial charge on any atom is 0.323 e. The number of nitrogens with zero attached hydrogens (tertiary/aromatic N) is 3. The van der Waals surface area contributed by atoms with Crippen molar-refractivity contribution in [2.75, 3.05) is 44.6 Å². The fraction of sp³-hybridized carbons (Fsp3) is 0.714. The van der Waals surface area contributed by atoms with Crippen LogP contribution in [0.25, 0.3) is 0 Å². The number of anilines is 1. The smallest absolute Gasteiger partial charge is 0.323 e. The Morgan fingerprint density at radius 3 is 2.76 bits per heavy atom. The highest BCUT2D eigenvalue weighted by atomic mass is 32.1. The van der Waals surface area contributed by atoms with E-state index in [0.29, 0.717) is 30.7 Å². The summed E-state index contributed by atoms with van der Waals surface area (Å²) in [6.07, 6.45) is 2.84. The largest absolute Gasteiger partial charge is 0.395 e. The Bertz CT molecular complexity index is 456. The molecular weight excluding hydrogens is 288 g/mol. The summed E-state index contributed by atoms with van der Waals surface area (Å²) < 4.78 is 0. The lowest BCUT2D eigenvalue weighted by molar-refractivity contribution is 0.127. The number of hydrogen-bond donors (Lipinski definition) is 2. The van der Waals surface area contributed by atoms with Gasteiger partial charge in [-0.25, -0.2) is 9.78 Å². The van der Waals surface area contributed by atoms with Crippen LogP contribution in [0.3, 0.4) is 0 Å². The van der Waals surface area contributed by atoms with E-state index in [1.165, 1.54) is 4.88 Å². The van der Waals surface area contributed by atoms with Crippen LogP contribution >= 0.6 is 11.3 Å². The molecule has 1 aliphatic heterocycles. The molecule has 1 aromatic heterocycles. The number of amides is 2. The first-order valence-corrected chi connectivity index (χ1v) is 8.24. The number of carbonyl (C=O) groups is 1. The normalized spacial score (nSPS) is 16.5. The highest BCUT2D eigenvalue weighted by Gasteiger charge is 2.21. The van der Waals surface area contributed by atoms with Gasteiger partial charge in [-0.15, -0.1) is 11.3 Å². The number of β-amino-alcohol motifs (C(OH)–C–C–N with tert-alkyl or cyclic N) is 1. The summed E-state index contributed by atoms with van der Waals surface area (Å²) >= 11 is 1.55. The lowest BCUT2D eigenvalue weighted by Gasteiger charge is -2.34. The second-order valence-electron chi connectivity index (χ2n) is 5.71. The highest BCUT2D eigenvalue weighted by molar-refractivity contribution is 7.15. The zero-order chi connectivity index (χ0) is 15.2. The third kappa shape index (κ3) is 4.94. The van der Waals surface area contributed by atoms with Gasteiger partial charge in [-0.05, 0) is 12.3 Å². The van der Waals surface area contributed by atoms with Crippen molar-refractivity contribution in [3.05, 3.63) is 11.1 Å². The molecule has 118 valence electrons. The van der Waals surface area contributed by atoms with Crippen molar-refractivity contribution < 1.29 is 9.90 Å². The van der Waals surface area contributed by atoms with Gasteiger partial charge >= 0.3 is 6.03 Å². The van der Waals surface area contributed by atoms with Gasteiger partial charge in [0.25, 0.3) is 0 Å². The van der Waals surface area contributed by atoms with Crippen LogP contribution in [0.2, 0.25) is 0 Å². The summed E-state index contributed by atoms with van der Waals surface area (Å²) in [6.45, 7) is 8.19. The summed E-state index contributed by atoms with van der Waals surface area (Å²) in [4.78, 5) is 21.6. The van der Waals surface area contributed by atoms with Crippen LogP contribution in [-0.4, -0.2) is 65.3 Å². The monoisotopic (exact) mass is 312 g/mol. The minimum absolute atomic E-state index is 0.0795. The standard InChI is InChI=1S/C14H24N4O2S/c1-11(2)9-12-10-15-13(21-12)16-14(20)18-5-3-17(4-6-18)7-8-19/h10-11,19H,3-9H2,1-2H3,(H,15,16,20). The second-order valence-corrected chi connectivity index (χ2v) is 6.83. The van der Waals surface area contributed by atoms with E-state index in [1.54, 1.807) is 16.2 Å². The van der Waals surface area contributed by atoms with Crippen LogP contribution in [0.1, 0.15) is 18.7 Å². The van der Waals surface area contributed by atoms with Gasteiger partial charge in [0, 0.05) is 43.8 Å². The van der Waals surface area contributed by atoms with E-state index in [-0.39, 0.29) is 12.6 Å². The average Bonchev–Trinajstić information content (AvgIpc) is 2.86. The third-order valence-electron chi connectivity index (χ3n) is 3.45. The van der Waals surface area contributed by atoms with E-state index in [1.807, 2.05) is 6.20 Å². The molecule has 21 heavy (non-hydrogen) atoms. The molecule has 0 saturated carbocycles. The number of piperazine rings is 1. The second kappa shape index (κ2) is 7.72. The van der Waals surface area contributed by atoms with Crippen molar-refractivity contribution in [2.24, 2.45) is 5.92 Å². The van der Waals surface area contributed by atoms with Crippen molar-refractivity contribution in [3.63, 3.8) is 0 Å². The molecule has 1 aromatic rings. The molecule has 2 heterocycles. The van der Waals surface area contributed by atoms with Crippen LogP contribution in [0.5, 0.6) is 0 Å². The summed E-state index contributed by atoms with van der Waals surface area (Å²) in [7, 11) is 0. The van der Waals surface area contributed by atoms with Gasteiger partial charge in [0.15, 0.2) is 5.13 Å². The van der Waals surface area contributed by atoms with E-state index in [4.69, 9.17) is 5.11 Å². The Balaban J connectivity index is 1.80. The minimum atomic E-state index is -0.0795. The minimum Gasteiger partial charge on any atom is -0.395 e. The van der Waals surface area contributed by atoms with Crippen molar-refractivity contribution >= 4 is 22.5 Å². The molecular formula is C14H24N4O2S. The highest BCUT2D eigenvalue weighted by Crippen LogP contribution is 2.21. The zero-order valence-corrected chi connectivity index (χ0v) is 13.5. The zero-order valence-electron chi connectivity index (χ0n) is 12.7. The molecule has 1 aliphatic rings. The molecule has 2 N–H and O–H groups in total. The maximum absolute atomic E-state index is 12.2. The Hall–Kier alpha value is -1.18. The molecule has 2 amide bonds. The SMILES string of the molecule is CC(C)Cc1cnc(NC(=O)N2CCN(CCO)CC2)s1. The molecule has 1 saturated heterocycles. The number of urea groups is 1. The number of carbonyl (C=O) groups excluding carboxylic acids is 1. The number of thiazole rings is 1. The molecule has 2 rings (SSSR count). The Morgan fingerprint density at radius 1 is 1.43 bits per heavy atom. The Morgan fingerprint density at radius 2 is 2.14 bits per heavy atom. The van der Waals surface area contributed by atoms with Crippen LogP contribution in [-0.2, 0) is 6.42 Å². The number of aliphatic hydroxyl groups is 1. The van der Waals surface area contributed by atoms with Crippen molar-refractivity contribution in [1.29, 1.82) is 0 Å². The summed E-state index contributed by atoms with van der Waals surface area (Å²) in [5.74, 6) is 0.591. The molecule has 0 unspecified atom stereocenters. The maximum atomic E-state index is 12.2. The number of nitrogens with one attached hydrogen (secondary N) is 1. The predicted octanol–water partition coefficient (Wildman–Crippen LogP) is 1.48. The molecule has 1 fully saturated rings. The van der Waals surface area contributed by atoms with Crippen LogP contribution in [0.4, 0.5) is 9.93 Å². The Kier molecular flexibility index (Phi) is 5.96. The fourth-order valence-corrected chi connectivity index (χ4v) is 3.36. The first-order valence-electron chi connectivity index (χ1n) is 7.42. The number of aliphatic hydroxyl groups excluding tert-OH is 1. The van der Waals surface area contributed by atoms with Gasteiger partial charge in [-0.1, -0.05) is 13.8 Å². The van der Waals surface area contributed by atoms with E-state index in [9.17, 15) is 4.79 Å². The lowest BCUT2D eigenvalue weighted by atomic mass is 10.1. The van der Waals surface area contributed by atoms with E-state index >= 15 is 0 Å². The molecule has 0 spiro atoms. The number of rotatable bonds is 5.